The highest BCUT2D eigenvalue weighted by Gasteiger charge is 2.28. The van der Waals surface area contributed by atoms with E-state index in [1.54, 1.807) is 6.92 Å². The van der Waals surface area contributed by atoms with Crippen molar-refractivity contribution in [1.29, 1.82) is 0 Å². The van der Waals surface area contributed by atoms with Crippen molar-refractivity contribution < 1.29 is 14.3 Å². The molecular formula is C20H20N2O3S. The summed E-state index contributed by atoms with van der Waals surface area (Å²) >= 11 is 1.50. The van der Waals surface area contributed by atoms with Crippen LogP contribution in [0.25, 0.3) is 5.70 Å². The van der Waals surface area contributed by atoms with E-state index in [1.165, 1.54) is 11.8 Å². The molecule has 0 aromatic heterocycles. The summed E-state index contributed by atoms with van der Waals surface area (Å²) in [6.45, 7) is 2.05. The van der Waals surface area contributed by atoms with Crippen LogP contribution in [0.3, 0.4) is 0 Å². The fourth-order valence-electron chi connectivity index (χ4n) is 2.70. The molecule has 3 rings (SSSR count). The van der Waals surface area contributed by atoms with Gasteiger partial charge in [-0.25, -0.2) is 9.59 Å². The van der Waals surface area contributed by atoms with Gasteiger partial charge in [-0.2, -0.15) is 0 Å². The van der Waals surface area contributed by atoms with Gasteiger partial charge in [-0.05, 0) is 24.6 Å². The molecule has 5 nitrogen and oxygen atoms in total. The van der Waals surface area contributed by atoms with Gasteiger partial charge in [0.05, 0.1) is 23.3 Å². The Morgan fingerprint density at radius 1 is 1.12 bits per heavy atom. The highest BCUT2D eigenvalue weighted by Crippen LogP contribution is 2.30. The van der Waals surface area contributed by atoms with E-state index in [0.29, 0.717) is 17.7 Å². The average Bonchev–Trinajstić information content (AvgIpc) is 2.82. The van der Waals surface area contributed by atoms with E-state index in [-0.39, 0.29) is 18.0 Å². The Kier molecular flexibility index (Phi) is 5.96. The SMILES string of the molecule is CCOC(=O)C1=C(c2ccccc2)NC(=O)NC(Sc2ccccc2)C1. The number of rotatable bonds is 5. The van der Waals surface area contributed by atoms with E-state index >= 15 is 0 Å². The smallest absolute Gasteiger partial charge is 0.336 e. The number of ether oxygens (including phenoxy) is 1. The lowest BCUT2D eigenvalue weighted by Crippen LogP contribution is -2.37. The van der Waals surface area contributed by atoms with Crippen LogP contribution in [0.1, 0.15) is 18.9 Å². The Bertz CT molecular complexity index is 806. The van der Waals surface area contributed by atoms with Crippen LogP contribution >= 0.6 is 11.8 Å². The third-order valence-corrected chi connectivity index (χ3v) is 4.94. The zero-order valence-corrected chi connectivity index (χ0v) is 15.2. The summed E-state index contributed by atoms with van der Waals surface area (Å²) in [7, 11) is 0. The van der Waals surface area contributed by atoms with Gasteiger partial charge in [0.2, 0.25) is 0 Å². The van der Waals surface area contributed by atoms with E-state index < -0.39 is 5.97 Å². The van der Waals surface area contributed by atoms with Crippen molar-refractivity contribution in [3.63, 3.8) is 0 Å². The van der Waals surface area contributed by atoms with Crippen LogP contribution in [0.5, 0.6) is 0 Å². The lowest BCUT2D eigenvalue weighted by Gasteiger charge is -2.16. The number of urea groups is 1. The summed E-state index contributed by atoms with van der Waals surface area (Å²) in [4.78, 5) is 26.0. The maximum atomic E-state index is 12.6. The number of benzene rings is 2. The first-order chi connectivity index (χ1) is 12.7. The molecule has 1 aliphatic rings. The van der Waals surface area contributed by atoms with Crippen molar-refractivity contribution in [2.24, 2.45) is 0 Å². The van der Waals surface area contributed by atoms with E-state index in [1.807, 2.05) is 60.7 Å². The first-order valence-corrected chi connectivity index (χ1v) is 9.30. The van der Waals surface area contributed by atoms with Gasteiger partial charge in [0, 0.05) is 11.3 Å². The fraction of sp³-hybridized carbons (Fsp3) is 0.200. The fourth-order valence-corrected chi connectivity index (χ4v) is 3.76. The zero-order valence-electron chi connectivity index (χ0n) is 14.4. The zero-order chi connectivity index (χ0) is 18.4. The molecule has 1 aliphatic heterocycles. The molecule has 2 aromatic carbocycles. The minimum atomic E-state index is -0.408. The molecule has 134 valence electrons. The quantitative estimate of drug-likeness (QED) is 0.788. The summed E-state index contributed by atoms with van der Waals surface area (Å²) in [5, 5.41) is 5.45. The van der Waals surface area contributed by atoms with Crippen molar-refractivity contribution in [2.75, 3.05) is 6.61 Å². The van der Waals surface area contributed by atoms with Gasteiger partial charge in [0.1, 0.15) is 0 Å². The Balaban J connectivity index is 1.96. The number of carbonyl (C=O) groups is 2. The second-order valence-electron chi connectivity index (χ2n) is 5.66. The predicted octanol–water partition coefficient (Wildman–Crippen LogP) is 3.78. The van der Waals surface area contributed by atoms with E-state index in [0.717, 1.165) is 10.5 Å². The normalized spacial score (nSPS) is 17.1. The van der Waals surface area contributed by atoms with Crippen molar-refractivity contribution in [1.82, 2.24) is 10.6 Å². The standard InChI is InChI=1S/C20H20N2O3S/c1-2-25-19(23)16-13-17(26-15-11-7-4-8-12-15)21-20(24)22-18(16)14-9-5-3-6-10-14/h3-12,17H,2,13H2,1H3,(H2,21,22,24). The summed E-state index contributed by atoms with van der Waals surface area (Å²) in [5.41, 5.74) is 1.73. The summed E-state index contributed by atoms with van der Waals surface area (Å²) in [5.74, 6) is -0.408. The Morgan fingerprint density at radius 3 is 2.42 bits per heavy atom. The van der Waals surface area contributed by atoms with Gasteiger partial charge in [-0.3, -0.25) is 0 Å². The second-order valence-corrected chi connectivity index (χ2v) is 6.94. The third-order valence-electron chi connectivity index (χ3n) is 3.83. The Morgan fingerprint density at radius 2 is 1.77 bits per heavy atom. The van der Waals surface area contributed by atoms with Gasteiger partial charge in [0.15, 0.2) is 0 Å². The minimum absolute atomic E-state index is 0.280. The molecule has 1 heterocycles. The number of nitrogens with one attached hydrogen (secondary N) is 2. The van der Waals surface area contributed by atoms with Crippen LogP contribution < -0.4 is 10.6 Å². The van der Waals surface area contributed by atoms with E-state index in [4.69, 9.17) is 4.74 Å². The van der Waals surface area contributed by atoms with E-state index in [9.17, 15) is 9.59 Å². The molecule has 6 heteroatoms. The molecule has 26 heavy (non-hydrogen) atoms. The van der Waals surface area contributed by atoms with Crippen LogP contribution in [0, 0.1) is 0 Å². The first-order valence-electron chi connectivity index (χ1n) is 8.42. The monoisotopic (exact) mass is 368 g/mol. The summed E-state index contributed by atoms with van der Waals surface area (Å²) < 4.78 is 5.24. The van der Waals surface area contributed by atoms with Crippen LogP contribution in [0.15, 0.2) is 71.1 Å². The van der Waals surface area contributed by atoms with Gasteiger partial charge >= 0.3 is 12.0 Å². The molecule has 0 fully saturated rings. The highest BCUT2D eigenvalue weighted by atomic mass is 32.2. The van der Waals surface area contributed by atoms with Gasteiger partial charge < -0.3 is 15.4 Å². The number of esters is 1. The molecule has 2 amide bonds. The van der Waals surface area contributed by atoms with Gasteiger partial charge in [-0.1, -0.05) is 48.5 Å². The molecule has 0 saturated heterocycles. The molecule has 0 spiro atoms. The van der Waals surface area contributed by atoms with Gasteiger partial charge in [-0.15, -0.1) is 11.8 Å². The van der Waals surface area contributed by atoms with Crippen molar-refractivity contribution in [3.8, 4) is 0 Å². The van der Waals surface area contributed by atoms with Crippen LogP contribution in [-0.4, -0.2) is 24.0 Å². The number of hydrogen-bond acceptors (Lipinski definition) is 4. The molecule has 0 saturated carbocycles. The molecule has 1 unspecified atom stereocenters. The summed E-state index contributed by atoms with van der Waals surface area (Å²) in [6, 6.07) is 18.8. The number of hydrogen-bond donors (Lipinski definition) is 2. The summed E-state index contributed by atoms with van der Waals surface area (Å²) in [6.07, 6.45) is 0.362. The molecular weight excluding hydrogens is 348 g/mol. The second kappa shape index (κ2) is 8.58. The van der Waals surface area contributed by atoms with Crippen molar-refractivity contribution in [2.45, 2.75) is 23.6 Å². The van der Waals surface area contributed by atoms with Crippen molar-refractivity contribution >= 4 is 29.5 Å². The maximum Gasteiger partial charge on any atom is 0.336 e. The number of amides is 2. The molecule has 0 radical (unpaired) electrons. The predicted molar refractivity (Wildman–Crippen MR) is 102 cm³/mol. The molecule has 2 N–H and O–H groups in total. The molecule has 0 bridgehead atoms. The average molecular weight is 368 g/mol. The lowest BCUT2D eigenvalue weighted by molar-refractivity contribution is -0.138. The Hall–Kier alpha value is -2.73. The lowest BCUT2D eigenvalue weighted by atomic mass is 10.0. The van der Waals surface area contributed by atoms with Crippen molar-refractivity contribution in [3.05, 3.63) is 71.8 Å². The topological polar surface area (TPSA) is 67.4 Å². The van der Waals surface area contributed by atoms with Crippen LogP contribution in [0.2, 0.25) is 0 Å². The van der Waals surface area contributed by atoms with Gasteiger partial charge in [0.25, 0.3) is 0 Å². The maximum absolute atomic E-state index is 12.6. The Labute approximate surface area is 156 Å². The van der Waals surface area contributed by atoms with Crippen LogP contribution in [-0.2, 0) is 9.53 Å². The molecule has 1 atom stereocenters. The number of thioether (sulfide) groups is 1. The molecule has 2 aromatic rings. The molecule has 0 aliphatic carbocycles. The van der Waals surface area contributed by atoms with E-state index in [2.05, 4.69) is 10.6 Å². The number of carbonyl (C=O) groups excluding carboxylic acids is 2. The van der Waals surface area contributed by atoms with Crippen LogP contribution in [0.4, 0.5) is 4.79 Å². The largest absolute Gasteiger partial charge is 0.463 e. The highest BCUT2D eigenvalue weighted by molar-refractivity contribution is 8.00. The first kappa shape index (κ1) is 18.1. The minimum Gasteiger partial charge on any atom is -0.463 e. The third kappa shape index (κ3) is 4.46.